The predicted molar refractivity (Wildman–Crippen MR) is 60.3 cm³/mol. The summed E-state index contributed by atoms with van der Waals surface area (Å²) in [5, 5.41) is 0. The molecule has 1 unspecified atom stereocenters. The molecule has 0 fully saturated rings. The molecule has 0 bridgehead atoms. The van der Waals surface area contributed by atoms with Gasteiger partial charge in [0.05, 0.1) is 6.54 Å². The lowest BCUT2D eigenvalue weighted by Crippen LogP contribution is -2.37. The number of ether oxygens (including phenoxy) is 1. The van der Waals surface area contributed by atoms with Crippen molar-refractivity contribution in [1.29, 1.82) is 0 Å². The summed E-state index contributed by atoms with van der Waals surface area (Å²) in [6.45, 7) is 2.49. The van der Waals surface area contributed by atoms with Crippen LogP contribution in [0.1, 0.15) is 6.92 Å². The topological polar surface area (TPSA) is 71.0 Å². The van der Waals surface area contributed by atoms with Gasteiger partial charge in [0.25, 0.3) is 11.6 Å². The summed E-state index contributed by atoms with van der Waals surface area (Å²) in [6.07, 6.45) is 0.00356. The zero-order chi connectivity index (χ0) is 12.3. The number of fused-ring (bicyclic) bond motifs is 3. The van der Waals surface area contributed by atoms with E-state index < -0.39 is 0 Å². The first kappa shape index (κ1) is 10.1. The van der Waals surface area contributed by atoms with Crippen molar-refractivity contribution in [2.24, 2.45) is 14.1 Å². The number of nitrogens with zero attached hydrogens (tertiary/aromatic N) is 4. The summed E-state index contributed by atoms with van der Waals surface area (Å²) in [6, 6.07) is 0.408. The fraction of sp³-hybridized carbons (Fsp3) is 0.500. The molecule has 0 saturated carbocycles. The van der Waals surface area contributed by atoms with Gasteiger partial charge in [0, 0.05) is 14.1 Å². The van der Waals surface area contributed by atoms with Crippen LogP contribution >= 0.6 is 0 Å². The molecular formula is C10H12N4O3. The Labute approximate surface area is 95.9 Å². The zero-order valence-corrected chi connectivity index (χ0v) is 9.80. The van der Waals surface area contributed by atoms with Crippen molar-refractivity contribution < 1.29 is 4.74 Å². The van der Waals surface area contributed by atoms with Crippen LogP contribution in [0.15, 0.2) is 9.59 Å². The van der Waals surface area contributed by atoms with E-state index in [0.717, 1.165) is 4.57 Å². The molecule has 2 aromatic rings. The van der Waals surface area contributed by atoms with Crippen molar-refractivity contribution in [2.45, 2.75) is 19.6 Å². The van der Waals surface area contributed by atoms with E-state index in [1.54, 1.807) is 11.6 Å². The van der Waals surface area contributed by atoms with E-state index in [4.69, 9.17) is 4.74 Å². The Morgan fingerprint density at radius 1 is 1.29 bits per heavy atom. The molecule has 2 aromatic heterocycles. The van der Waals surface area contributed by atoms with Crippen molar-refractivity contribution in [3.8, 4) is 6.01 Å². The van der Waals surface area contributed by atoms with Crippen LogP contribution in [0.4, 0.5) is 0 Å². The Balaban J connectivity index is 2.52. The minimum atomic E-state index is -0.382. The molecular weight excluding hydrogens is 224 g/mol. The second-order valence-electron chi connectivity index (χ2n) is 4.31. The van der Waals surface area contributed by atoms with E-state index in [0.29, 0.717) is 23.7 Å². The monoisotopic (exact) mass is 236 g/mol. The summed E-state index contributed by atoms with van der Waals surface area (Å²) >= 11 is 0. The number of rotatable bonds is 0. The Morgan fingerprint density at radius 3 is 2.71 bits per heavy atom. The van der Waals surface area contributed by atoms with Crippen LogP contribution in [0.5, 0.6) is 6.01 Å². The molecule has 7 heteroatoms. The van der Waals surface area contributed by atoms with Gasteiger partial charge in [-0.15, -0.1) is 0 Å². The first-order chi connectivity index (χ1) is 8.00. The fourth-order valence-corrected chi connectivity index (χ4v) is 2.16. The normalized spacial score (nSPS) is 18.4. The molecule has 0 aliphatic carbocycles. The molecule has 7 nitrogen and oxygen atoms in total. The summed E-state index contributed by atoms with van der Waals surface area (Å²) in [7, 11) is 3.06. The van der Waals surface area contributed by atoms with Crippen LogP contribution in [0, 0.1) is 0 Å². The first-order valence-electron chi connectivity index (χ1n) is 5.33. The fourth-order valence-electron chi connectivity index (χ4n) is 2.16. The highest BCUT2D eigenvalue weighted by atomic mass is 16.5. The second kappa shape index (κ2) is 2.99. The Morgan fingerprint density at radius 2 is 2.00 bits per heavy atom. The van der Waals surface area contributed by atoms with Gasteiger partial charge >= 0.3 is 5.69 Å². The molecule has 1 aliphatic rings. The standard InChI is InChI=1S/C10H12N4O3/c1-5-4-14-6-7(11-9(14)17-5)12(2)10(16)13(3)8(6)15/h5H,4H2,1-3H3. The lowest BCUT2D eigenvalue weighted by molar-refractivity contribution is 0.246. The van der Waals surface area contributed by atoms with E-state index in [-0.39, 0.29) is 17.4 Å². The molecule has 17 heavy (non-hydrogen) atoms. The smallest absolute Gasteiger partial charge is 0.332 e. The highest BCUT2D eigenvalue weighted by Crippen LogP contribution is 2.24. The maximum Gasteiger partial charge on any atom is 0.332 e. The molecule has 0 radical (unpaired) electrons. The van der Waals surface area contributed by atoms with Crippen LogP contribution in [0.25, 0.3) is 11.2 Å². The van der Waals surface area contributed by atoms with Gasteiger partial charge in [-0.2, -0.15) is 4.98 Å². The predicted octanol–water partition coefficient (Wildman–Crippen LogP) is -0.785. The maximum absolute atomic E-state index is 12.1. The Hall–Kier alpha value is -2.05. The van der Waals surface area contributed by atoms with E-state index in [1.807, 2.05) is 6.92 Å². The van der Waals surface area contributed by atoms with Crippen molar-refractivity contribution in [1.82, 2.24) is 18.7 Å². The van der Waals surface area contributed by atoms with Gasteiger partial charge in [0.15, 0.2) is 11.2 Å². The van der Waals surface area contributed by atoms with Gasteiger partial charge in [0.2, 0.25) is 0 Å². The third-order valence-corrected chi connectivity index (χ3v) is 3.06. The van der Waals surface area contributed by atoms with Gasteiger partial charge in [0.1, 0.15) is 6.10 Å². The molecule has 3 heterocycles. The van der Waals surface area contributed by atoms with Crippen LogP contribution in [-0.4, -0.2) is 24.8 Å². The third-order valence-electron chi connectivity index (χ3n) is 3.06. The van der Waals surface area contributed by atoms with E-state index >= 15 is 0 Å². The lowest BCUT2D eigenvalue weighted by atomic mass is 10.4. The summed E-state index contributed by atoms with van der Waals surface area (Å²) in [5.74, 6) is 0. The summed E-state index contributed by atoms with van der Waals surface area (Å²) in [4.78, 5) is 28.0. The summed E-state index contributed by atoms with van der Waals surface area (Å²) in [5.41, 5.74) is 0.0841. The van der Waals surface area contributed by atoms with Crippen molar-refractivity contribution in [3.05, 3.63) is 20.8 Å². The largest absolute Gasteiger partial charge is 0.460 e. The molecule has 0 aromatic carbocycles. The van der Waals surface area contributed by atoms with Gasteiger partial charge in [-0.05, 0) is 6.92 Å². The molecule has 0 saturated heterocycles. The molecule has 3 rings (SSSR count). The highest BCUT2D eigenvalue weighted by molar-refractivity contribution is 5.72. The third kappa shape index (κ3) is 1.13. The molecule has 90 valence electrons. The number of hydrogen-bond donors (Lipinski definition) is 0. The number of hydrogen-bond acceptors (Lipinski definition) is 4. The van der Waals surface area contributed by atoms with Crippen LogP contribution in [0.2, 0.25) is 0 Å². The van der Waals surface area contributed by atoms with Gasteiger partial charge in [-0.25, -0.2) is 4.79 Å². The van der Waals surface area contributed by atoms with Gasteiger partial charge in [-0.3, -0.25) is 18.5 Å². The van der Waals surface area contributed by atoms with Crippen molar-refractivity contribution in [3.63, 3.8) is 0 Å². The van der Waals surface area contributed by atoms with E-state index in [2.05, 4.69) is 4.98 Å². The quantitative estimate of drug-likeness (QED) is 0.601. The van der Waals surface area contributed by atoms with Gasteiger partial charge in [-0.1, -0.05) is 0 Å². The van der Waals surface area contributed by atoms with Crippen LogP contribution < -0.4 is 16.0 Å². The molecule has 0 amide bonds. The Kier molecular flexibility index (Phi) is 1.78. The van der Waals surface area contributed by atoms with Crippen LogP contribution in [-0.2, 0) is 20.6 Å². The zero-order valence-electron chi connectivity index (χ0n) is 9.80. The van der Waals surface area contributed by atoms with Crippen molar-refractivity contribution >= 4 is 11.2 Å². The Bertz CT molecular complexity index is 737. The minimum Gasteiger partial charge on any atom is -0.460 e. The van der Waals surface area contributed by atoms with Crippen LogP contribution in [0.3, 0.4) is 0 Å². The maximum atomic E-state index is 12.1. The van der Waals surface area contributed by atoms with Gasteiger partial charge < -0.3 is 4.74 Å². The van der Waals surface area contributed by atoms with E-state index in [9.17, 15) is 9.59 Å². The van der Waals surface area contributed by atoms with E-state index in [1.165, 1.54) is 11.6 Å². The first-order valence-corrected chi connectivity index (χ1v) is 5.33. The average Bonchev–Trinajstić information content (AvgIpc) is 2.79. The van der Waals surface area contributed by atoms with Crippen molar-refractivity contribution in [2.75, 3.05) is 0 Å². The summed E-state index contributed by atoms with van der Waals surface area (Å²) < 4.78 is 9.63. The highest BCUT2D eigenvalue weighted by Gasteiger charge is 2.26. The second-order valence-corrected chi connectivity index (χ2v) is 4.31. The molecule has 0 N–H and O–H groups in total. The number of imidazole rings is 1. The SMILES string of the molecule is CC1Cn2c(nc3c2c(=O)n(C)c(=O)n3C)O1. The molecule has 1 aliphatic heterocycles. The molecule has 1 atom stereocenters. The average molecular weight is 236 g/mol. The number of aryl methyl sites for hydroxylation is 1. The number of aromatic nitrogens is 4. The molecule has 0 spiro atoms. The lowest BCUT2D eigenvalue weighted by Gasteiger charge is -2.04. The minimum absolute atomic E-state index is 0.00356.